The summed E-state index contributed by atoms with van der Waals surface area (Å²) in [6, 6.07) is 0. The minimum atomic E-state index is 0. The van der Waals surface area contributed by atoms with E-state index in [1.54, 1.807) is 7.05 Å². The molecule has 0 aromatic heterocycles. The standard InChI is InChI=1S/C15H33N3O2.HI/c1-5-6-10-19-12-8-17-15(16-4)18-9-13-20-11-7-14(2)3;/h14H,5-13H2,1-4H3,(H2,16,17,18);1H. The van der Waals surface area contributed by atoms with E-state index in [0.29, 0.717) is 19.1 Å². The van der Waals surface area contributed by atoms with Crippen LogP contribution in [0.4, 0.5) is 0 Å². The van der Waals surface area contributed by atoms with Gasteiger partial charge >= 0.3 is 0 Å². The maximum atomic E-state index is 5.54. The zero-order valence-corrected chi connectivity index (χ0v) is 16.4. The molecular formula is C15H34IN3O2. The first kappa shape index (κ1) is 23.2. The number of nitrogens with one attached hydrogen (secondary N) is 2. The SMILES string of the molecule is CCCCOCCNC(=NC)NCCOCCC(C)C.I. The monoisotopic (exact) mass is 415 g/mol. The molecule has 0 aromatic carbocycles. The van der Waals surface area contributed by atoms with Crippen molar-refractivity contribution in [1.82, 2.24) is 10.6 Å². The average molecular weight is 415 g/mol. The smallest absolute Gasteiger partial charge is 0.191 e. The van der Waals surface area contributed by atoms with Crippen LogP contribution in [0.15, 0.2) is 4.99 Å². The predicted molar refractivity (Wildman–Crippen MR) is 101 cm³/mol. The van der Waals surface area contributed by atoms with Gasteiger partial charge in [0.2, 0.25) is 0 Å². The summed E-state index contributed by atoms with van der Waals surface area (Å²) in [4.78, 5) is 4.15. The molecule has 0 amide bonds. The van der Waals surface area contributed by atoms with Crippen molar-refractivity contribution in [2.75, 3.05) is 46.6 Å². The van der Waals surface area contributed by atoms with Crippen LogP contribution in [0.1, 0.15) is 40.0 Å². The van der Waals surface area contributed by atoms with Crippen LogP contribution < -0.4 is 10.6 Å². The Hall–Kier alpha value is -0.0800. The van der Waals surface area contributed by atoms with Gasteiger partial charge in [-0.05, 0) is 18.8 Å². The van der Waals surface area contributed by atoms with Crippen molar-refractivity contribution >= 4 is 29.9 Å². The lowest BCUT2D eigenvalue weighted by Gasteiger charge is -2.12. The summed E-state index contributed by atoms with van der Waals surface area (Å²) in [5, 5.41) is 6.43. The summed E-state index contributed by atoms with van der Waals surface area (Å²) < 4.78 is 11.0. The van der Waals surface area contributed by atoms with Crippen molar-refractivity contribution in [3.63, 3.8) is 0 Å². The highest BCUT2D eigenvalue weighted by atomic mass is 127. The molecule has 0 aromatic rings. The lowest BCUT2D eigenvalue weighted by atomic mass is 10.1. The van der Waals surface area contributed by atoms with E-state index in [1.165, 1.54) is 6.42 Å². The van der Waals surface area contributed by atoms with E-state index in [4.69, 9.17) is 9.47 Å². The van der Waals surface area contributed by atoms with Gasteiger partial charge in [-0.25, -0.2) is 0 Å². The molecule has 0 spiro atoms. The van der Waals surface area contributed by atoms with Gasteiger partial charge in [0.25, 0.3) is 0 Å². The lowest BCUT2D eigenvalue weighted by Crippen LogP contribution is -2.40. The highest BCUT2D eigenvalue weighted by Gasteiger charge is 1.97. The Labute approximate surface area is 147 Å². The van der Waals surface area contributed by atoms with Crippen LogP contribution >= 0.6 is 24.0 Å². The van der Waals surface area contributed by atoms with Gasteiger partial charge in [-0.2, -0.15) is 0 Å². The molecule has 0 unspecified atom stereocenters. The number of hydrogen-bond acceptors (Lipinski definition) is 3. The summed E-state index contributed by atoms with van der Waals surface area (Å²) in [7, 11) is 1.77. The molecule has 0 aliphatic rings. The molecule has 0 radical (unpaired) electrons. The Kier molecular flexibility index (Phi) is 19.8. The molecule has 5 nitrogen and oxygen atoms in total. The van der Waals surface area contributed by atoms with Gasteiger partial charge in [0.15, 0.2) is 5.96 Å². The van der Waals surface area contributed by atoms with Crippen molar-refractivity contribution in [3.8, 4) is 0 Å². The van der Waals surface area contributed by atoms with Gasteiger partial charge in [0, 0.05) is 33.4 Å². The van der Waals surface area contributed by atoms with E-state index in [2.05, 4.69) is 36.4 Å². The highest BCUT2D eigenvalue weighted by molar-refractivity contribution is 14.0. The van der Waals surface area contributed by atoms with Crippen LogP contribution in [-0.4, -0.2) is 52.5 Å². The van der Waals surface area contributed by atoms with Crippen molar-refractivity contribution in [2.24, 2.45) is 10.9 Å². The molecule has 2 N–H and O–H groups in total. The third kappa shape index (κ3) is 17.9. The fourth-order valence-electron chi connectivity index (χ4n) is 1.47. The summed E-state index contributed by atoms with van der Waals surface area (Å²) in [6.45, 7) is 11.2. The summed E-state index contributed by atoms with van der Waals surface area (Å²) >= 11 is 0. The highest BCUT2D eigenvalue weighted by Crippen LogP contribution is 1.98. The minimum Gasteiger partial charge on any atom is -0.380 e. The zero-order valence-electron chi connectivity index (χ0n) is 14.1. The Balaban J connectivity index is 0. The quantitative estimate of drug-likeness (QED) is 0.223. The maximum absolute atomic E-state index is 5.54. The van der Waals surface area contributed by atoms with E-state index in [9.17, 15) is 0 Å². The first-order chi connectivity index (χ1) is 9.70. The minimum absolute atomic E-state index is 0. The Morgan fingerprint density at radius 3 is 2.05 bits per heavy atom. The molecule has 0 saturated carbocycles. The molecule has 0 aliphatic heterocycles. The lowest BCUT2D eigenvalue weighted by molar-refractivity contribution is 0.127. The van der Waals surface area contributed by atoms with Crippen molar-refractivity contribution < 1.29 is 9.47 Å². The van der Waals surface area contributed by atoms with E-state index in [1.807, 2.05) is 0 Å². The van der Waals surface area contributed by atoms with Crippen LogP contribution in [0.2, 0.25) is 0 Å². The van der Waals surface area contributed by atoms with Crippen molar-refractivity contribution in [1.29, 1.82) is 0 Å². The Morgan fingerprint density at radius 2 is 1.57 bits per heavy atom. The fourth-order valence-corrected chi connectivity index (χ4v) is 1.47. The number of aliphatic imine (C=N–C) groups is 1. The number of rotatable bonds is 12. The maximum Gasteiger partial charge on any atom is 0.191 e. The van der Waals surface area contributed by atoms with E-state index in [0.717, 1.165) is 45.1 Å². The number of hydrogen-bond donors (Lipinski definition) is 2. The van der Waals surface area contributed by atoms with Crippen molar-refractivity contribution in [3.05, 3.63) is 0 Å². The normalized spacial score (nSPS) is 11.4. The first-order valence-electron chi connectivity index (χ1n) is 7.80. The van der Waals surface area contributed by atoms with Gasteiger partial charge in [-0.1, -0.05) is 27.2 Å². The van der Waals surface area contributed by atoms with Gasteiger partial charge in [0.1, 0.15) is 0 Å². The number of halogens is 1. The van der Waals surface area contributed by atoms with Crippen LogP contribution in [0.5, 0.6) is 0 Å². The molecule has 0 saturated heterocycles. The first-order valence-corrected chi connectivity index (χ1v) is 7.80. The summed E-state index contributed by atoms with van der Waals surface area (Å²) in [5.74, 6) is 1.50. The summed E-state index contributed by atoms with van der Waals surface area (Å²) in [5.41, 5.74) is 0. The molecule has 0 rings (SSSR count). The molecule has 0 aliphatic carbocycles. The van der Waals surface area contributed by atoms with Crippen LogP contribution in [0, 0.1) is 5.92 Å². The van der Waals surface area contributed by atoms with Crippen LogP contribution in [0.25, 0.3) is 0 Å². The second-order valence-electron chi connectivity index (χ2n) is 5.19. The number of guanidine groups is 1. The third-order valence-electron chi connectivity index (χ3n) is 2.78. The number of ether oxygens (including phenoxy) is 2. The zero-order chi connectivity index (χ0) is 15.1. The number of unbranched alkanes of at least 4 members (excludes halogenated alkanes) is 1. The van der Waals surface area contributed by atoms with Crippen LogP contribution in [-0.2, 0) is 9.47 Å². The Morgan fingerprint density at radius 1 is 1.00 bits per heavy atom. The van der Waals surface area contributed by atoms with E-state index in [-0.39, 0.29) is 24.0 Å². The summed E-state index contributed by atoms with van der Waals surface area (Å²) in [6.07, 6.45) is 3.41. The van der Waals surface area contributed by atoms with E-state index >= 15 is 0 Å². The fraction of sp³-hybridized carbons (Fsp3) is 0.933. The molecule has 0 heterocycles. The second-order valence-corrected chi connectivity index (χ2v) is 5.19. The molecule has 0 bridgehead atoms. The van der Waals surface area contributed by atoms with Gasteiger partial charge in [-0.3, -0.25) is 4.99 Å². The topological polar surface area (TPSA) is 54.9 Å². The molecule has 6 heteroatoms. The molecular weight excluding hydrogens is 381 g/mol. The van der Waals surface area contributed by atoms with Crippen LogP contribution in [0.3, 0.4) is 0 Å². The average Bonchev–Trinajstić information content (AvgIpc) is 2.43. The van der Waals surface area contributed by atoms with Gasteiger partial charge < -0.3 is 20.1 Å². The number of nitrogens with zero attached hydrogens (tertiary/aromatic N) is 1. The largest absolute Gasteiger partial charge is 0.380 e. The van der Waals surface area contributed by atoms with E-state index < -0.39 is 0 Å². The molecule has 21 heavy (non-hydrogen) atoms. The van der Waals surface area contributed by atoms with Gasteiger partial charge in [0.05, 0.1) is 13.2 Å². The predicted octanol–water partition coefficient (Wildman–Crippen LogP) is 2.65. The molecule has 0 fully saturated rings. The van der Waals surface area contributed by atoms with Gasteiger partial charge in [-0.15, -0.1) is 24.0 Å². The second kappa shape index (κ2) is 18.0. The van der Waals surface area contributed by atoms with Crippen molar-refractivity contribution in [2.45, 2.75) is 40.0 Å². The molecule has 0 atom stereocenters. The third-order valence-corrected chi connectivity index (χ3v) is 2.78. The Bertz CT molecular complexity index is 239. The molecule has 128 valence electrons.